The second kappa shape index (κ2) is 8.22. The van der Waals surface area contributed by atoms with Crippen LogP contribution in [0.2, 0.25) is 0 Å². The third kappa shape index (κ3) is 4.47. The van der Waals surface area contributed by atoms with Crippen molar-refractivity contribution in [1.82, 2.24) is 4.90 Å². The number of rotatable bonds is 4. The lowest BCUT2D eigenvalue weighted by molar-refractivity contribution is -0.922. The Morgan fingerprint density at radius 1 is 1.04 bits per heavy atom. The number of carbonyl (C=O) groups is 1. The molecule has 4 nitrogen and oxygen atoms in total. The summed E-state index contributed by atoms with van der Waals surface area (Å²) >= 11 is 0. The fraction of sp³-hybridized carbons (Fsp3) is 0.381. The van der Waals surface area contributed by atoms with E-state index in [1.54, 1.807) is 25.1 Å². The van der Waals surface area contributed by atoms with Gasteiger partial charge in [-0.3, -0.25) is 4.79 Å². The Kier molecular flexibility index (Phi) is 5.93. The van der Waals surface area contributed by atoms with E-state index in [2.05, 4.69) is 0 Å². The van der Waals surface area contributed by atoms with Crippen molar-refractivity contribution in [2.75, 3.05) is 45.2 Å². The number of piperazine rings is 1. The molecule has 0 spiro atoms. The molecule has 3 rings (SSSR count). The van der Waals surface area contributed by atoms with Crippen molar-refractivity contribution in [1.29, 1.82) is 0 Å². The highest BCUT2D eigenvalue weighted by molar-refractivity contribution is 5.81. The Morgan fingerprint density at radius 3 is 2.25 bits per heavy atom. The molecule has 0 radical (unpaired) electrons. The number of carbonyl (C=O) groups excluding carboxylic acids is 1. The van der Waals surface area contributed by atoms with Gasteiger partial charge in [-0.2, -0.15) is 13.2 Å². The van der Waals surface area contributed by atoms with Gasteiger partial charge in [-0.1, -0.05) is 36.4 Å². The first kappa shape index (κ1) is 20.2. The lowest BCUT2D eigenvalue weighted by Gasteiger charge is -2.38. The van der Waals surface area contributed by atoms with Crippen LogP contribution in [0.3, 0.4) is 0 Å². The topological polar surface area (TPSA) is 28.0 Å². The SMILES string of the molecule is CN(C)C(=O)[C@H](c1ccccc1)[NH+]1CCN(c2cccc(C(F)(F)F)c2)CC1. The van der Waals surface area contributed by atoms with Crippen molar-refractivity contribution >= 4 is 11.6 Å². The highest BCUT2D eigenvalue weighted by atomic mass is 19.4. The van der Waals surface area contributed by atoms with E-state index in [9.17, 15) is 18.0 Å². The van der Waals surface area contributed by atoms with Crippen LogP contribution in [-0.2, 0) is 11.0 Å². The van der Waals surface area contributed by atoms with E-state index in [0.29, 0.717) is 31.9 Å². The third-order valence-corrected chi connectivity index (χ3v) is 5.17. The minimum absolute atomic E-state index is 0.0359. The summed E-state index contributed by atoms with van der Waals surface area (Å²) in [6.45, 7) is 2.55. The maximum atomic E-state index is 13.0. The molecular weight excluding hydrogens is 367 g/mol. The highest BCUT2D eigenvalue weighted by Crippen LogP contribution is 2.31. The minimum Gasteiger partial charge on any atom is -0.360 e. The number of benzene rings is 2. The van der Waals surface area contributed by atoms with Crippen LogP contribution in [0.5, 0.6) is 0 Å². The van der Waals surface area contributed by atoms with E-state index in [4.69, 9.17) is 0 Å². The zero-order chi connectivity index (χ0) is 20.3. The van der Waals surface area contributed by atoms with Gasteiger partial charge in [0.05, 0.1) is 31.7 Å². The van der Waals surface area contributed by atoms with E-state index in [0.717, 1.165) is 16.5 Å². The van der Waals surface area contributed by atoms with Crippen LogP contribution in [0, 0.1) is 0 Å². The largest absolute Gasteiger partial charge is 0.416 e. The Morgan fingerprint density at radius 2 is 1.68 bits per heavy atom. The van der Waals surface area contributed by atoms with E-state index >= 15 is 0 Å². The van der Waals surface area contributed by atoms with Crippen LogP contribution < -0.4 is 9.80 Å². The monoisotopic (exact) mass is 392 g/mol. The number of quaternary nitrogens is 1. The molecule has 1 heterocycles. The van der Waals surface area contributed by atoms with Crippen LogP contribution in [-0.4, -0.2) is 51.1 Å². The van der Waals surface area contributed by atoms with Crippen molar-refractivity contribution < 1.29 is 22.9 Å². The Labute approximate surface area is 163 Å². The lowest BCUT2D eigenvalue weighted by atomic mass is 10.0. The van der Waals surface area contributed by atoms with Crippen molar-refractivity contribution in [3.63, 3.8) is 0 Å². The van der Waals surface area contributed by atoms with E-state index in [1.807, 2.05) is 35.2 Å². The first-order valence-corrected chi connectivity index (χ1v) is 9.30. The molecule has 2 aromatic rings. The maximum Gasteiger partial charge on any atom is 0.416 e. The predicted molar refractivity (Wildman–Crippen MR) is 102 cm³/mol. The number of hydrogen-bond acceptors (Lipinski definition) is 2. The standard InChI is InChI=1S/C21H24F3N3O/c1-25(2)20(28)19(16-7-4-3-5-8-16)27-13-11-26(12-14-27)18-10-6-9-17(15-18)21(22,23)24/h3-10,15,19H,11-14H2,1-2H3/p+1/t19-/m0/s1. The molecular formula is C21H25F3N3O+. The normalized spacial score (nSPS) is 16.7. The average molecular weight is 392 g/mol. The quantitative estimate of drug-likeness (QED) is 0.865. The molecule has 1 fully saturated rings. The number of nitrogens with zero attached hydrogens (tertiary/aromatic N) is 2. The van der Waals surface area contributed by atoms with Gasteiger partial charge in [-0.25, -0.2) is 0 Å². The first-order valence-electron chi connectivity index (χ1n) is 9.30. The van der Waals surface area contributed by atoms with Gasteiger partial charge in [0, 0.05) is 25.3 Å². The molecule has 0 bridgehead atoms. The number of likely N-dealkylation sites (N-methyl/N-ethyl adjacent to an activating group) is 1. The van der Waals surface area contributed by atoms with Crippen LogP contribution in [0.15, 0.2) is 54.6 Å². The average Bonchev–Trinajstić information content (AvgIpc) is 2.69. The number of alkyl halides is 3. The maximum absolute atomic E-state index is 13.0. The number of amides is 1. The molecule has 0 aromatic heterocycles. The van der Waals surface area contributed by atoms with Gasteiger partial charge in [0.25, 0.3) is 5.91 Å². The summed E-state index contributed by atoms with van der Waals surface area (Å²) in [5.41, 5.74) is 0.900. The molecule has 1 aliphatic heterocycles. The number of hydrogen-bond donors (Lipinski definition) is 1. The summed E-state index contributed by atoms with van der Waals surface area (Å²) in [5.74, 6) is 0.0359. The fourth-order valence-corrected chi connectivity index (χ4v) is 3.68. The van der Waals surface area contributed by atoms with Crippen LogP contribution in [0.25, 0.3) is 0 Å². The molecule has 7 heteroatoms. The second-order valence-corrected chi connectivity index (χ2v) is 7.27. The summed E-state index contributed by atoms with van der Waals surface area (Å²) in [5, 5.41) is 0. The van der Waals surface area contributed by atoms with Gasteiger partial charge in [-0.15, -0.1) is 0 Å². The summed E-state index contributed by atoms with van der Waals surface area (Å²) in [4.78, 5) is 17.5. The Bertz CT molecular complexity index is 800. The van der Waals surface area contributed by atoms with Crippen molar-refractivity contribution in [2.45, 2.75) is 12.2 Å². The molecule has 28 heavy (non-hydrogen) atoms. The fourth-order valence-electron chi connectivity index (χ4n) is 3.68. The summed E-state index contributed by atoms with van der Waals surface area (Å²) in [7, 11) is 3.49. The zero-order valence-electron chi connectivity index (χ0n) is 16.0. The number of anilines is 1. The molecule has 1 saturated heterocycles. The number of halogens is 3. The van der Waals surface area contributed by atoms with Gasteiger partial charge in [0.2, 0.25) is 0 Å². The third-order valence-electron chi connectivity index (χ3n) is 5.17. The van der Waals surface area contributed by atoms with Gasteiger partial charge >= 0.3 is 6.18 Å². The van der Waals surface area contributed by atoms with E-state index in [1.165, 1.54) is 12.1 Å². The number of nitrogens with one attached hydrogen (secondary N) is 1. The molecule has 1 aliphatic rings. The van der Waals surface area contributed by atoms with Crippen LogP contribution in [0.4, 0.5) is 18.9 Å². The molecule has 1 atom stereocenters. The van der Waals surface area contributed by atoms with Gasteiger partial charge in [0.1, 0.15) is 0 Å². The lowest BCUT2D eigenvalue weighted by Crippen LogP contribution is -3.16. The molecule has 0 aliphatic carbocycles. The Hall–Kier alpha value is -2.54. The smallest absolute Gasteiger partial charge is 0.360 e. The Balaban J connectivity index is 1.75. The summed E-state index contributed by atoms with van der Waals surface area (Å²) < 4.78 is 39.0. The summed E-state index contributed by atoms with van der Waals surface area (Å²) in [6, 6.07) is 14.8. The predicted octanol–water partition coefficient (Wildman–Crippen LogP) is 2.24. The molecule has 1 N–H and O–H groups in total. The molecule has 150 valence electrons. The van der Waals surface area contributed by atoms with E-state index in [-0.39, 0.29) is 11.9 Å². The van der Waals surface area contributed by atoms with Crippen molar-refractivity contribution in [3.8, 4) is 0 Å². The minimum atomic E-state index is -4.35. The van der Waals surface area contributed by atoms with Crippen molar-refractivity contribution in [2.24, 2.45) is 0 Å². The molecule has 2 aromatic carbocycles. The molecule has 0 unspecified atom stereocenters. The van der Waals surface area contributed by atoms with Gasteiger partial charge < -0.3 is 14.7 Å². The summed E-state index contributed by atoms with van der Waals surface area (Å²) in [6.07, 6.45) is -4.35. The second-order valence-electron chi connectivity index (χ2n) is 7.27. The van der Waals surface area contributed by atoms with Crippen LogP contribution in [0.1, 0.15) is 17.2 Å². The van der Waals surface area contributed by atoms with Gasteiger partial charge in [-0.05, 0) is 18.2 Å². The highest BCUT2D eigenvalue weighted by Gasteiger charge is 2.36. The van der Waals surface area contributed by atoms with Crippen molar-refractivity contribution in [3.05, 3.63) is 65.7 Å². The van der Waals surface area contributed by atoms with Gasteiger partial charge in [0.15, 0.2) is 6.04 Å². The first-order chi connectivity index (χ1) is 13.3. The molecule has 1 amide bonds. The van der Waals surface area contributed by atoms with Crippen LogP contribution >= 0.6 is 0 Å². The van der Waals surface area contributed by atoms with E-state index < -0.39 is 11.7 Å². The zero-order valence-corrected chi connectivity index (χ0v) is 16.0. The molecule has 0 saturated carbocycles.